The fourth-order valence-electron chi connectivity index (χ4n) is 11.7. The topological polar surface area (TPSA) is 349 Å². The number of aromatic nitrogens is 8. The van der Waals surface area contributed by atoms with Gasteiger partial charge in [-0.15, -0.1) is 0 Å². The second-order valence-corrected chi connectivity index (χ2v) is 22.4. The number of hydrogen-bond donors (Lipinski definition) is 6. The number of carboxylic acid groups (broad SMARTS) is 3. The summed E-state index contributed by atoms with van der Waals surface area (Å²) in [5.41, 5.74) is 23.9. The highest BCUT2D eigenvalue weighted by atomic mass is 16.5. The Hall–Kier alpha value is -9.61. The summed E-state index contributed by atoms with van der Waals surface area (Å²) >= 11 is 0. The normalized spacial score (nSPS) is 18.8. The third-order valence-corrected chi connectivity index (χ3v) is 16.0. The first-order valence-electron chi connectivity index (χ1n) is 29.6. The summed E-state index contributed by atoms with van der Waals surface area (Å²) in [7, 11) is 4.40. The molecule has 89 heavy (non-hydrogen) atoms. The lowest BCUT2D eigenvalue weighted by molar-refractivity contribution is -0.135. The van der Waals surface area contributed by atoms with Gasteiger partial charge in [-0.1, -0.05) is 36.4 Å². The summed E-state index contributed by atoms with van der Waals surface area (Å²) in [5, 5.41) is 43.3. The van der Waals surface area contributed by atoms with E-state index in [9.17, 15) is 10.1 Å². The summed E-state index contributed by atoms with van der Waals surface area (Å²) in [5.74, 6) is -0.0689. The van der Waals surface area contributed by atoms with Gasteiger partial charge in [0.1, 0.15) is 64.7 Å². The zero-order valence-corrected chi connectivity index (χ0v) is 50.9. The van der Waals surface area contributed by atoms with Crippen LogP contribution in [-0.2, 0) is 14.4 Å². The van der Waals surface area contributed by atoms with E-state index in [0.717, 1.165) is 156 Å². The van der Waals surface area contributed by atoms with E-state index in [1.54, 1.807) is 36.4 Å². The van der Waals surface area contributed by atoms with Gasteiger partial charge in [-0.3, -0.25) is 29.0 Å². The van der Waals surface area contributed by atoms with Gasteiger partial charge in [0.15, 0.2) is 11.3 Å². The van der Waals surface area contributed by atoms with Gasteiger partial charge >= 0.3 is 0 Å². The molecule has 2 saturated heterocycles. The zero-order valence-electron chi connectivity index (χ0n) is 50.9. The van der Waals surface area contributed by atoms with Crippen molar-refractivity contribution in [3.63, 3.8) is 0 Å². The maximum atomic E-state index is 11.9. The van der Waals surface area contributed by atoms with Crippen LogP contribution in [0.5, 0.6) is 23.0 Å². The summed E-state index contributed by atoms with van der Waals surface area (Å²) in [4.78, 5) is 66.8. The van der Waals surface area contributed by atoms with E-state index in [1.165, 1.54) is 25.5 Å². The van der Waals surface area contributed by atoms with E-state index in [0.29, 0.717) is 57.8 Å². The van der Waals surface area contributed by atoms with E-state index in [-0.39, 0.29) is 12.1 Å². The van der Waals surface area contributed by atoms with Crippen molar-refractivity contribution in [3.8, 4) is 51.6 Å². The Morgan fingerprint density at radius 1 is 0.517 bits per heavy atom. The highest BCUT2D eigenvalue weighted by Gasteiger charge is 2.33. The molecule has 4 aromatic heterocycles. The number of nitrogens with zero attached hydrogens (tertiary/aromatic N) is 13. The van der Waals surface area contributed by atoms with Gasteiger partial charge < -0.3 is 51.8 Å². The second kappa shape index (κ2) is 30.8. The molecule has 4 fully saturated rings. The lowest BCUT2D eigenvalue weighted by Crippen LogP contribution is -2.49. The number of carbonyl (C=O) groups excluding carboxylic acids is 1. The first-order chi connectivity index (χ1) is 42.8. The minimum absolute atomic E-state index is 0.251. The minimum Gasteiger partial charge on any atom is -0.481 e. The zero-order chi connectivity index (χ0) is 63.7. The summed E-state index contributed by atoms with van der Waals surface area (Å²) in [6.45, 7) is 12.4. The van der Waals surface area contributed by atoms with Gasteiger partial charge in [-0.2, -0.15) is 15.5 Å². The molecule has 4 aromatic carbocycles. The number of carbonyl (C=O) groups is 4. The monoisotopic (exact) mass is 1210 g/mol. The number of primary amides is 1. The van der Waals surface area contributed by atoms with Crippen LogP contribution in [-0.4, -0.2) is 177 Å². The Labute approximate surface area is 516 Å². The molecule has 468 valence electrons. The van der Waals surface area contributed by atoms with Gasteiger partial charge in [-0.05, 0) is 126 Å². The van der Waals surface area contributed by atoms with Crippen molar-refractivity contribution in [2.45, 2.75) is 96.3 Å². The molecule has 12 rings (SSSR count). The fraction of sp³-hybridized carbons (Fsp3) is 0.391. The molecule has 25 heteroatoms. The van der Waals surface area contributed by atoms with Crippen molar-refractivity contribution < 1.29 is 44.0 Å². The number of hydrogen-bond acceptors (Lipinski definition) is 19. The number of likely N-dealkylation sites (N-methyl/N-ethyl adjacent to an activating group) is 2. The number of rotatable bonds is 11. The average Bonchev–Trinajstić information content (AvgIpc) is 1.67. The van der Waals surface area contributed by atoms with Gasteiger partial charge in [0.25, 0.3) is 23.8 Å². The minimum atomic E-state index is -0.833. The SMILES string of the molecule is CC(=O)O.CC(=O)O.CC(=O)O.CN1CCN([C@H]2CC[C@@H](n3nc(-c4ccc(Oc5ccccc5C#N)cc4)c4c(N)ncnc43)CC2)CC1.CN1CCN([C@H]2CC[C@@H](n3nc(-c4cccc(Oc5ccccc5C(N)=O)c4)c4c(N)ncnc43)CC2)CC1. The van der Waals surface area contributed by atoms with E-state index < -0.39 is 23.8 Å². The van der Waals surface area contributed by atoms with Crippen LogP contribution in [0.2, 0.25) is 0 Å². The van der Waals surface area contributed by atoms with Crippen LogP contribution < -0.4 is 26.7 Å². The number of nitrogen functional groups attached to an aromatic ring is 2. The lowest BCUT2D eigenvalue weighted by Gasteiger charge is -2.41. The maximum absolute atomic E-state index is 11.9. The number of anilines is 2. The van der Waals surface area contributed by atoms with Gasteiger partial charge in [-0.25, -0.2) is 29.3 Å². The molecule has 0 unspecified atom stereocenters. The number of piperazine rings is 2. The molecule has 0 spiro atoms. The van der Waals surface area contributed by atoms with Crippen molar-refractivity contribution >= 4 is 57.5 Å². The highest BCUT2D eigenvalue weighted by Crippen LogP contribution is 2.40. The van der Waals surface area contributed by atoms with Gasteiger partial charge in [0.2, 0.25) is 0 Å². The number of carboxylic acids is 3. The standard InChI is InChI=1S/C29H34N8O2.C29H32N8O.3C2H4O2/c1-35-13-15-36(16-14-35)20-9-11-21(12-10-20)37-29-25(27(30)32-18-33-29)26(34-37)19-5-4-6-22(17-19)39-24-8-3-2-7-23(24)28(31)38;1-35-14-16-36(17-15-35)22-8-10-23(11-9-22)37-29-26(28(31)32-19-33-29)27(34-37)20-6-12-24(13-7-20)38-25-5-3-2-4-21(25)18-30;3*1-2(3)4/h2-8,17-18,20-21H,9-16H2,1H3,(H2,31,38)(H2,30,32,33);2-7,12-13,19,22-23H,8-11,14-17H2,1H3,(H2,31,32,33);3*1H3,(H,3,4)/t20-,21+;22-,23+;;;. The van der Waals surface area contributed by atoms with E-state index in [4.69, 9.17) is 66.6 Å². The van der Waals surface area contributed by atoms with E-state index >= 15 is 0 Å². The van der Waals surface area contributed by atoms with Crippen LogP contribution in [0, 0.1) is 11.3 Å². The van der Waals surface area contributed by atoms with Crippen molar-refractivity contribution in [1.29, 1.82) is 5.26 Å². The van der Waals surface area contributed by atoms with Crippen LogP contribution in [0.1, 0.15) is 100 Å². The first kappa shape index (κ1) is 65.4. The van der Waals surface area contributed by atoms with Crippen LogP contribution >= 0.6 is 0 Å². The van der Waals surface area contributed by atoms with Crippen molar-refractivity contribution in [2.24, 2.45) is 5.73 Å². The smallest absolute Gasteiger partial charge is 0.300 e. The maximum Gasteiger partial charge on any atom is 0.300 e. The summed E-state index contributed by atoms with van der Waals surface area (Å²) < 4.78 is 16.2. The van der Waals surface area contributed by atoms with Crippen LogP contribution in [0.25, 0.3) is 44.6 Å². The predicted molar refractivity (Wildman–Crippen MR) is 337 cm³/mol. The largest absolute Gasteiger partial charge is 0.481 e. The molecule has 4 aliphatic rings. The number of nitrogens with two attached hydrogens (primary N) is 3. The van der Waals surface area contributed by atoms with Crippen molar-refractivity contribution in [2.75, 3.05) is 77.9 Å². The van der Waals surface area contributed by atoms with Crippen LogP contribution in [0.15, 0.2) is 110 Å². The number of amides is 1. The molecule has 25 nitrogen and oxygen atoms in total. The Bertz CT molecular complexity index is 3700. The molecule has 2 aliphatic carbocycles. The van der Waals surface area contributed by atoms with Crippen LogP contribution in [0.4, 0.5) is 11.6 Å². The average molecular weight is 1220 g/mol. The summed E-state index contributed by atoms with van der Waals surface area (Å²) in [6.07, 6.45) is 11.9. The number of aliphatic carboxylic acids is 3. The van der Waals surface area contributed by atoms with E-state index in [2.05, 4.69) is 69.1 Å². The summed E-state index contributed by atoms with van der Waals surface area (Å²) in [6, 6.07) is 33.4. The molecule has 6 heterocycles. The molecule has 1 amide bonds. The number of para-hydroxylation sites is 2. The molecule has 2 saturated carbocycles. The third kappa shape index (κ3) is 17.3. The molecule has 0 radical (unpaired) electrons. The quantitative estimate of drug-likeness (QED) is 0.0707. The number of ether oxygens (including phenoxy) is 2. The van der Waals surface area contributed by atoms with Gasteiger partial charge in [0, 0.05) is 96.3 Å². The second-order valence-electron chi connectivity index (χ2n) is 22.4. The van der Waals surface area contributed by atoms with Crippen molar-refractivity contribution in [1.82, 2.24) is 59.1 Å². The number of benzene rings is 4. The third-order valence-electron chi connectivity index (χ3n) is 16.0. The number of fused-ring (bicyclic) bond motifs is 2. The molecule has 8 aromatic rings. The molecule has 9 N–H and O–H groups in total. The first-order valence-corrected chi connectivity index (χ1v) is 29.6. The Balaban J connectivity index is 0.000000195. The Morgan fingerprint density at radius 3 is 1.39 bits per heavy atom. The highest BCUT2D eigenvalue weighted by molar-refractivity contribution is 5.99. The molecule has 2 aliphatic heterocycles. The van der Waals surface area contributed by atoms with Crippen molar-refractivity contribution in [3.05, 3.63) is 121 Å². The Morgan fingerprint density at radius 2 is 0.933 bits per heavy atom. The molecular formula is C64H78N16O9. The molecule has 0 bridgehead atoms. The molecule has 0 atom stereocenters. The Kier molecular flexibility index (Phi) is 22.6. The van der Waals surface area contributed by atoms with Gasteiger partial charge in [0.05, 0.1) is 34.0 Å². The van der Waals surface area contributed by atoms with E-state index in [1.807, 2.05) is 60.7 Å². The molecular weight excluding hydrogens is 1140 g/mol. The lowest BCUT2D eigenvalue weighted by atomic mass is 9.90. The number of nitriles is 1. The fourth-order valence-corrected chi connectivity index (χ4v) is 11.7. The van der Waals surface area contributed by atoms with Crippen LogP contribution in [0.3, 0.4) is 0 Å². The predicted octanol–water partition coefficient (Wildman–Crippen LogP) is 8.44.